The number of aliphatic hydroxyl groups excluding tert-OH is 1. The summed E-state index contributed by atoms with van der Waals surface area (Å²) in [4.78, 5) is 0. The first-order chi connectivity index (χ1) is 10.5. The summed E-state index contributed by atoms with van der Waals surface area (Å²) >= 11 is 0. The summed E-state index contributed by atoms with van der Waals surface area (Å²) in [5.41, 5.74) is 2.80. The number of ether oxygens (including phenoxy) is 1. The van der Waals surface area contributed by atoms with E-state index in [1.807, 2.05) is 6.07 Å². The third-order valence-electron chi connectivity index (χ3n) is 6.97. The maximum atomic E-state index is 10.4. The summed E-state index contributed by atoms with van der Waals surface area (Å²) in [6.07, 6.45) is 6.51. The fraction of sp³-hybridized carbons (Fsp3) is 0.684. The number of hydrogen-bond acceptors (Lipinski definition) is 3. The Labute approximate surface area is 132 Å². The minimum Gasteiger partial charge on any atom is -0.504 e. The van der Waals surface area contributed by atoms with Crippen molar-refractivity contribution in [2.45, 2.75) is 57.5 Å². The lowest BCUT2D eigenvalue weighted by Crippen LogP contribution is -2.43. The van der Waals surface area contributed by atoms with E-state index >= 15 is 0 Å². The molecule has 0 heterocycles. The van der Waals surface area contributed by atoms with E-state index in [4.69, 9.17) is 4.74 Å². The largest absolute Gasteiger partial charge is 0.504 e. The van der Waals surface area contributed by atoms with E-state index in [0.717, 1.165) is 25.7 Å². The highest BCUT2D eigenvalue weighted by Crippen LogP contribution is 2.61. The molecular formula is C19H26O3. The van der Waals surface area contributed by atoms with Crippen LogP contribution in [0.2, 0.25) is 0 Å². The Morgan fingerprint density at radius 3 is 2.77 bits per heavy atom. The Morgan fingerprint density at radius 1 is 1.18 bits per heavy atom. The van der Waals surface area contributed by atoms with Gasteiger partial charge in [-0.25, -0.2) is 0 Å². The molecule has 3 aliphatic carbocycles. The Kier molecular flexibility index (Phi) is 3.19. The summed E-state index contributed by atoms with van der Waals surface area (Å²) in [5, 5.41) is 20.5. The second-order valence-corrected chi connectivity index (χ2v) is 7.78. The first-order valence-corrected chi connectivity index (χ1v) is 8.62. The summed E-state index contributed by atoms with van der Waals surface area (Å²) in [5.74, 6) is 2.75. The van der Waals surface area contributed by atoms with Crippen molar-refractivity contribution in [2.75, 3.05) is 7.11 Å². The third-order valence-corrected chi connectivity index (χ3v) is 6.97. The highest BCUT2D eigenvalue weighted by molar-refractivity contribution is 5.49. The molecule has 4 rings (SSSR count). The SMILES string of the molecule is COc1cc2c(cc1O)CC[C@@H]1[C@@H]2CC[C@@]2(C)[C@@H](O)CC[C@@H]12. The fourth-order valence-electron chi connectivity index (χ4n) is 5.72. The molecule has 1 aromatic carbocycles. The van der Waals surface area contributed by atoms with Gasteiger partial charge in [-0.05, 0) is 85.0 Å². The second kappa shape index (κ2) is 4.89. The first-order valence-electron chi connectivity index (χ1n) is 8.62. The molecule has 0 bridgehead atoms. The fourth-order valence-corrected chi connectivity index (χ4v) is 5.72. The van der Waals surface area contributed by atoms with Gasteiger partial charge in [-0.2, -0.15) is 0 Å². The van der Waals surface area contributed by atoms with E-state index in [0.29, 0.717) is 23.5 Å². The number of aromatic hydroxyl groups is 1. The molecule has 0 aliphatic heterocycles. The van der Waals surface area contributed by atoms with Gasteiger partial charge in [0.25, 0.3) is 0 Å². The van der Waals surface area contributed by atoms with E-state index in [1.54, 1.807) is 7.11 Å². The quantitative estimate of drug-likeness (QED) is 0.833. The Bertz CT molecular complexity index is 597. The molecule has 0 radical (unpaired) electrons. The molecule has 120 valence electrons. The summed E-state index contributed by atoms with van der Waals surface area (Å²) in [7, 11) is 1.62. The van der Waals surface area contributed by atoms with Gasteiger partial charge in [0.1, 0.15) is 0 Å². The molecule has 3 aliphatic rings. The van der Waals surface area contributed by atoms with Crippen LogP contribution in [-0.4, -0.2) is 23.4 Å². The molecule has 0 spiro atoms. The minimum absolute atomic E-state index is 0.116. The Hall–Kier alpha value is -1.22. The van der Waals surface area contributed by atoms with Gasteiger partial charge < -0.3 is 14.9 Å². The highest BCUT2D eigenvalue weighted by atomic mass is 16.5. The van der Waals surface area contributed by atoms with Crippen LogP contribution in [0.25, 0.3) is 0 Å². The average molecular weight is 302 g/mol. The number of aryl methyl sites for hydroxylation is 1. The molecule has 0 saturated heterocycles. The van der Waals surface area contributed by atoms with Crippen molar-refractivity contribution < 1.29 is 14.9 Å². The molecule has 0 amide bonds. The molecule has 2 N–H and O–H groups in total. The van der Waals surface area contributed by atoms with Crippen molar-refractivity contribution in [3.8, 4) is 11.5 Å². The van der Waals surface area contributed by atoms with Gasteiger partial charge in [0, 0.05) is 0 Å². The van der Waals surface area contributed by atoms with Crippen LogP contribution in [0.5, 0.6) is 11.5 Å². The average Bonchev–Trinajstić information content (AvgIpc) is 2.82. The number of methoxy groups -OCH3 is 1. The van der Waals surface area contributed by atoms with E-state index in [9.17, 15) is 10.2 Å². The predicted octanol–water partition coefficient (Wildman–Crippen LogP) is 3.62. The molecule has 22 heavy (non-hydrogen) atoms. The molecule has 3 heteroatoms. The number of fused-ring (bicyclic) bond motifs is 5. The smallest absolute Gasteiger partial charge is 0.160 e. The van der Waals surface area contributed by atoms with Gasteiger partial charge >= 0.3 is 0 Å². The highest BCUT2D eigenvalue weighted by Gasteiger charge is 2.54. The zero-order chi connectivity index (χ0) is 15.5. The van der Waals surface area contributed by atoms with Crippen molar-refractivity contribution >= 4 is 0 Å². The van der Waals surface area contributed by atoms with Crippen molar-refractivity contribution in [3.05, 3.63) is 23.3 Å². The zero-order valence-corrected chi connectivity index (χ0v) is 13.5. The van der Waals surface area contributed by atoms with Crippen LogP contribution in [0, 0.1) is 17.3 Å². The van der Waals surface area contributed by atoms with Crippen LogP contribution in [0.1, 0.15) is 56.1 Å². The number of hydrogen-bond donors (Lipinski definition) is 2. The molecule has 3 nitrogen and oxygen atoms in total. The Balaban J connectivity index is 1.72. The van der Waals surface area contributed by atoms with E-state index < -0.39 is 0 Å². The first kappa shape index (κ1) is 14.4. The van der Waals surface area contributed by atoms with Gasteiger partial charge in [-0.15, -0.1) is 0 Å². The van der Waals surface area contributed by atoms with Gasteiger partial charge in [0.05, 0.1) is 13.2 Å². The monoisotopic (exact) mass is 302 g/mol. The van der Waals surface area contributed by atoms with Crippen LogP contribution in [0.15, 0.2) is 12.1 Å². The lowest BCUT2D eigenvalue weighted by molar-refractivity contribution is -0.0226. The van der Waals surface area contributed by atoms with Gasteiger partial charge in [0.2, 0.25) is 0 Å². The van der Waals surface area contributed by atoms with Crippen molar-refractivity contribution in [1.82, 2.24) is 0 Å². The van der Waals surface area contributed by atoms with Gasteiger partial charge in [0.15, 0.2) is 11.5 Å². The molecule has 2 fully saturated rings. The lowest BCUT2D eigenvalue weighted by atomic mass is 9.55. The topological polar surface area (TPSA) is 49.7 Å². The molecule has 2 saturated carbocycles. The van der Waals surface area contributed by atoms with Crippen LogP contribution >= 0.6 is 0 Å². The van der Waals surface area contributed by atoms with E-state index in [2.05, 4.69) is 13.0 Å². The van der Waals surface area contributed by atoms with Crippen molar-refractivity contribution in [1.29, 1.82) is 0 Å². The molecule has 0 aromatic heterocycles. The van der Waals surface area contributed by atoms with Crippen LogP contribution < -0.4 is 4.74 Å². The van der Waals surface area contributed by atoms with Crippen LogP contribution in [0.4, 0.5) is 0 Å². The number of aliphatic hydroxyl groups is 1. The second-order valence-electron chi connectivity index (χ2n) is 7.78. The van der Waals surface area contributed by atoms with E-state index in [1.165, 1.54) is 24.0 Å². The summed E-state index contributed by atoms with van der Waals surface area (Å²) in [6, 6.07) is 3.97. The maximum absolute atomic E-state index is 10.4. The predicted molar refractivity (Wildman–Crippen MR) is 85.3 cm³/mol. The lowest BCUT2D eigenvalue weighted by Gasteiger charge is -2.50. The molecular weight excluding hydrogens is 276 g/mol. The van der Waals surface area contributed by atoms with E-state index in [-0.39, 0.29) is 17.3 Å². The molecule has 5 atom stereocenters. The van der Waals surface area contributed by atoms with Crippen molar-refractivity contribution in [2.24, 2.45) is 17.3 Å². The number of phenolic OH excluding ortho intramolecular Hbond substituents is 1. The van der Waals surface area contributed by atoms with Crippen LogP contribution in [0.3, 0.4) is 0 Å². The number of benzene rings is 1. The standard InChI is InChI=1S/C19H26O3/c1-19-8-7-12-13(15(19)5-6-18(19)21)4-3-11-9-16(20)17(22-2)10-14(11)12/h9-10,12-13,15,18,20-21H,3-8H2,1-2H3/t12-,13+,15-,18-,19+/m0/s1. The zero-order valence-electron chi connectivity index (χ0n) is 13.5. The Morgan fingerprint density at radius 2 is 2.00 bits per heavy atom. The number of rotatable bonds is 1. The maximum Gasteiger partial charge on any atom is 0.160 e. The van der Waals surface area contributed by atoms with Crippen LogP contribution in [-0.2, 0) is 6.42 Å². The summed E-state index contributed by atoms with van der Waals surface area (Å²) < 4.78 is 5.32. The van der Waals surface area contributed by atoms with Crippen molar-refractivity contribution in [3.63, 3.8) is 0 Å². The normalized spacial score (nSPS) is 39.8. The summed E-state index contributed by atoms with van der Waals surface area (Å²) in [6.45, 7) is 2.30. The molecule has 0 unspecified atom stereocenters. The van der Waals surface area contributed by atoms with Gasteiger partial charge in [-0.3, -0.25) is 0 Å². The molecule has 1 aromatic rings. The minimum atomic E-state index is -0.116. The third kappa shape index (κ3) is 1.84. The number of phenols is 1. The van der Waals surface area contributed by atoms with Gasteiger partial charge in [-0.1, -0.05) is 6.92 Å².